The standard InChI is InChI=1S/C16H18FN3O3/c1-10(2)9-18-16(22)15-13(23-3)8-14(21)20(19-15)12-6-4-11(17)5-7-12/h4-8,10H,9H2,1-3H3,(H,18,22). The normalized spacial score (nSPS) is 10.7. The van der Waals surface area contributed by atoms with Crippen molar-refractivity contribution in [1.29, 1.82) is 0 Å². The Balaban J connectivity index is 2.45. The zero-order chi connectivity index (χ0) is 17.0. The molecular weight excluding hydrogens is 301 g/mol. The zero-order valence-electron chi connectivity index (χ0n) is 13.2. The highest BCUT2D eigenvalue weighted by Gasteiger charge is 2.18. The van der Waals surface area contributed by atoms with Crippen LogP contribution in [0.5, 0.6) is 5.75 Å². The Morgan fingerprint density at radius 1 is 1.35 bits per heavy atom. The number of amides is 1. The highest BCUT2D eigenvalue weighted by atomic mass is 19.1. The minimum Gasteiger partial charge on any atom is -0.494 e. The summed E-state index contributed by atoms with van der Waals surface area (Å²) in [5.41, 5.74) is -0.122. The Morgan fingerprint density at radius 2 is 2.00 bits per heavy atom. The number of nitrogens with one attached hydrogen (secondary N) is 1. The van der Waals surface area contributed by atoms with Crippen LogP contribution in [-0.4, -0.2) is 29.3 Å². The fourth-order valence-electron chi connectivity index (χ4n) is 1.90. The number of nitrogens with zero attached hydrogens (tertiary/aromatic N) is 2. The predicted octanol–water partition coefficient (Wildman–Crippen LogP) is 1.77. The molecule has 1 aromatic heterocycles. The number of ether oxygens (including phenoxy) is 1. The summed E-state index contributed by atoms with van der Waals surface area (Å²) in [6, 6.07) is 6.43. The van der Waals surface area contributed by atoms with Crippen LogP contribution in [-0.2, 0) is 0 Å². The SMILES string of the molecule is COc1cc(=O)n(-c2ccc(F)cc2)nc1C(=O)NCC(C)C. The monoisotopic (exact) mass is 319 g/mol. The number of methoxy groups -OCH3 is 1. The molecule has 0 aliphatic carbocycles. The van der Waals surface area contributed by atoms with E-state index in [2.05, 4.69) is 10.4 Å². The van der Waals surface area contributed by atoms with Crippen molar-refractivity contribution in [3.63, 3.8) is 0 Å². The van der Waals surface area contributed by atoms with Gasteiger partial charge >= 0.3 is 0 Å². The summed E-state index contributed by atoms with van der Waals surface area (Å²) in [6.07, 6.45) is 0. The van der Waals surface area contributed by atoms with Crippen molar-refractivity contribution in [2.24, 2.45) is 5.92 Å². The van der Waals surface area contributed by atoms with Gasteiger partial charge in [0.1, 0.15) is 5.82 Å². The second-order valence-electron chi connectivity index (χ2n) is 5.39. The Hall–Kier alpha value is -2.70. The van der Waals surface area contributed by atoms with Crippen LogP contribution in [0, 0.1) is 11.7 Å². The predicted molar refractivity (Wildman–Crippen MR) is 83.5 cm³/mol. The van der Waals surface area contributed by atoms with Crippen molar-refractivity contribution >= 4 is 5.91 Å². The zero-order valence-corrected chi connectivity index (χ0v) is 13.2. The van der Waals surface area contributed by atoms with Crippen molar-refractivity contribution in [1.82, 2.24) is 15.1 Å². The van der Waals surface area contributed by atoms with Gasteiger partial charge in [0.25, 0.3) is 11.5 Å². The number of carbonyl (C=O) groups is 1. The molecule has 0 saturated carbocycles. The number of hydrogen-bond donors (Lipinski definition) is 1. The molecule has 0 spiro atoms. The van der Waals surface area contributed by atoms with E-state index in [1.807, 2.05) is 13.8 Å². The van der Waals surface area contributed by atoms with Gasteiger partial charge in [-0.25, -0.2) is 4.39 Å². The molecule has 0 aliphatic heterocycles. The molecule has 0 bridgehead atoms. The lowest BCUT2D eigenvalue weighted by molar-refractivity contribution is 0.0938. The van der Waals surface area contributed by atoms with Crippen LogP contribution in [0.25, 0.3) is 5.69 Å². The average Bonchev–Trinajstić information content (AvgIpc) is 2.53. The third-order valence-electron chi connectivity index (χ3n) is 3.07. The number of carbonyl (C=O) groups excluding carboxylic acids is 1. The first-order chi connectivity index (χ1) is 10.9. The first kappa shape index (κ1) is 16.7. The Kier molecular flexibility index (Phi) is 5.10. The lowest BCUT2D eigenvalue weighted by atomic mass is 10.2. The molecule has 1 amide bonds. The minimum atomic E-state index is -0.478. The van der Waals surface area contributed by atoms with E-state index in [9.17, 15) is 14.0 Å². The van der Waals surface area contributed by atoms with Crippen molar-refractivity contribution in [3.05, 3.63) is 52.2 Å². The summed E-state index contributed by atoms with van der Waals surface area (Å²) in [5, 5.41) is 6.79. The van der Waals surface area contributed by atoms with Gasteiger partial charge in [0.2, 0.25) is 0 Å². The number of halogens is 1. The highest BCUT2D eigenvalue weighted by molar-refractivity contribution is 5.94. The van der Waals surface area contributed by atoms with Crippen LogP contribution in [0.15, 0.2) is 35.1 Å². The average molecular weight is 319 g/mol. The van der Waals surface area contributed by atoms with Crippen LogP contribution >= 0.6 is 0 Å². The summed E-state index contributed by atoms with van der Waals surface area (Å²) in [7, 11) is 1.36. The maximum Gasteiger partial charge on any atom is 0.275 e. The van der Waals surface area contributed by atoms with E-state index in [1.165, 1.54) is 37.4 Å². The molecule has 23 heavy (non-hydrogen) atoms. The Labute approximate surface area is 132 Å². The molecule has 2 rings (SSSR count). The number of rotatable bonds is 5. The highest BCUT2D eigenvalue weighted by Crippen LogP contribution is 2.14. The van der Waals surface area contributed by atoms with E-state index >= 15 is 0 Å². The van der Waals surface area contributed by atoms with Crippen molar-refractivity contribution in [3.8, 4) is 11.4 Å². The van der Waals surface area contributed by atoms with Crippen molar-refractivity contribution in [2.75, 3.05) is 13.7 Å². The number of benzene rings is 1. The molecule has 1 heterocycles. The largest absolute Gasteiger partial charge is 0.494 e. The second kappa shape index (κ2) is 7.04. The lowest BCUT2D eigenvalue weighted by Crippen LogP contribution is -2.31. The van der Waals surface area contributed by atoms with Crippen LogP contribution in [0.2, 0.25) is 0 Å². The molecule has 0 fully saturated rings. The first-order valence-electron chi connectivity index (χ1n) is 7.15. The van der Waals surface area contributed by atoms with Crippen LogP contribution in [0.1, 0.15) is 24.3 Å². The van der Waals surface area contributed by atoms with Gasteiger partial charge in [-0.3, -0.25) is 9.59 Å². The molecule has 0 radical (unpaired) electrons. The van der Waals surface area contributed by atoms with E-state index in [0.717, 1.165) is 4.68 Å². The topological polar surface area (TPSA) is 73.2 Å². The van der Waals surface area contributed by atoms with E-state index in [1.54, 1.807) is 0 Å². The summed E-state index contributed by atoms with van der Waals surface area (Å²) < 4.78 is 19.1. The minimum absolute atomic E-state index is 0.00271. The van der Waals surface area contributed by atoms with Crippen molar-refractivity contribution < 1.29 is 13.9 Å². The Morgan fingerprint density at radius 3 is 2.57 bits per heavy atom. The van der Waals surface area contributed by atoms with E-state index in [4.69, 9.17) is 4.74 Å². The van der Waals surface area contributed by atoms with Gasteiger partial charge in [-0.2, -0.15) is 9.78 Å². The second-order valence-corrected chi connectivity index (χ2v) is 5.39. The summed E-state index contributed by atoms with van der Waals surface area (Å²) in [4.78, 5) is 24.4. The number of hydrogen-bond acceptors (Lipinski definition) is 4. The molecule has 6 nitrogen and oxygen atoms in total. The third kappa shape index (κ3) is 3.94. The van der Waals surface area contributed by atoms with Crippen molar-refractivity contribution in [2.45, 2.75) is 13.8 Å². The summed E-state index contributed by atoms with van der Waals surface area (Å²) >= 11 is 0. The summed E-state index contributed by atoms with van der Waals surface area (Å²) in [5.74, 6) is -0.501. The van der Waals surface area contributed by atoms with Gasteiger partial charge in [-0.1, -0.05) is 13.8 Å². The van der Waals surface area contributed by atoms with E-state index in [0.29, 0.717) is 12.2 Å². The van der Waals surface area contributed by atoms with Crippen LogP contribution in [0.4, 0.5) is 4.39 Å². The molecule has 2 aromatic rings. The maximum atomic E-state index is 13.0. The molecule has 1 aromatic carbocycles. The smallest absolute Gasteiger partial charge is 0.275 e. The fraction of sp³-hybridized carbons (Fsp3) is 0.312. The van der Waals surface area contributed by atoms with Gasteiger partial charge in [-0.05, 0) is 30.2 Å². The molecule has 7 heteroatoms. The molecule has 0 atom stereocenters. The van der Waals surface area contributed by atoms with Gasteiger partial charge in [0, 0.05) is 6.54 Å². The van der Waals surface area contributed by atoms with Gasteiger partial charge < -0.3 is 10.1 Å². The van der Waals surface area contributed by atoms with Gasteiger partial charge in [-0.15, -0.1) is 0 Å². The molecular formula is C16H18FN3O3. The molecule has 0 saturated heterocycles. The van der Waals surface area contributed by atoms with Crippen LogP contribution in [0.3, 0.4) is 0 Å². The molecule has 1 N–H and O–H groups in total. The van der Waals surface area contributed by atoms with Gasteiger partial charge in [0.05, 0.1) is 18.9 Å². The Bertz CT molecular complexity index is 754. The molecule has 122 valence electrons. The lowest BCUT2D eigenvalue weighted by Gasteiger charge is -2.12. The maximum absolute atomic E-state index is 13.0. The van der Waals surface area contributed by atoms with Crippen LogP contribution < -0.4 is 15.6 Å². The van der Waals surface area contributed by atoms with Gasteiger partial charge in [0.15, 0.2) is 11.4 Å². The quantitative estimate of drug-likeness (QED) is 0.911. The molecule has 0 aliphatic rings. The third-order valence-corrected chi connectivity index (χ3v) is 3.07. The van der Waals surface area contributed by atoms with E-state index < -0.39 is 17.3 Å². The fourth-order valence-corrected chi connectivity index (χ4v) is 1.90. The molecule has 0 unspecified atom stereocenters. The summed E-state index contributed by atoms with van der Waals surface area (Å²) in [6.45, 7) is 4.40. The van der Waals surface area contributed by atoms with E-state index in [-0.39, 0.29) is 17.4 Å². The first-order valence-corrected chi connectivity index (χ1v) is 7.15. The number of aromatic nitrogens is 2.